The number of amides is 1. The van der Waals surface area contributed by atoms with Crippen LogP contribution in [0.25, 0.3) is 0 Å². The molecule has 0 aromatic heterocycles. The van der Waals surface area contributed by atoms with Crippen molar-refractivity contribution in [3.63, 3.8) is 0 Å². The molecule has 1 atom stereocenters. The predicted octanol–water partition coefficient (Wildman–Crippen LogP) is 2.95. The first kappa shape index (κ1) is 14.9. The number of hydrogen-bond acceptors (Lipinski definition) is 3. The third-order valence-corrected chi connectivity index (χ3v) is 3.88. The molecule has 1 aromatic rings. The van der Waals surface area contributed by atoms with Gasteiger partial charge in [0, 0.05) is 5.54 Å². The summed E-state index contributed by atoms with van der Waals surface area (Å²) in [5.41, 5.74) is 0.694. The zero-order valence-corrected chi connectivity index (χ0v) is 12.2. The maximum atomic E-state index is 12.3. The highest BCUT2D eigenvalue weighted by atomic mass is 16.6. The Kier molecular flexibility index (Phi) is 4.65. The van der Waals surface area contributed by atoms with Crippen molar-refractivity contribution in [1.29, 1.82) is 0 Å². The van der Waals surface area contributed by atoms with E-state index in [1.165, 1.54) is 0 Å². The van der Waals surface area contributed by atoms with Crippen molar-refractivity contribution in [2.75, 3.05) is 6.54 Å². The maximum absolute atomic E-state index is 12.3. The average molecular weight is 277 g/mol. The van der Waals surface area contributed by atoms with Gasteiger partial charge in [-0.3, -0.25) is 0 Å². The molecule has 0 spiro atoms. The van der Waals surface area contributed by atoms with Gasteiger partial charge in [0.1, 0.15) is 6.61 Å². The number of nitrogens with zero attached hydrogens (tertiary/aromatic N) is 1. The van der Waals surface area contributed by atoms with Crippen LogP contribution >= 0.6 is 0 Å². The van der Waals surface area contributed by atoms with E-state index >= 15 is 0 Å². The molecule has 1 fully saturated rings. The summed E-state index contributed by atoms with van der Waals surface area (Å²) < 4.78 is 5.38. The quantitative estimate of drug-likeness (QED) is 0.904. The van der Waals surface area contributed by atoms with Gasteiger partial charge in [-0.1, -0.05) is 30.3 Å². The average Bonchev–Trinajstić information content (AvgIpc) is 2.55. The molecule has 1 aromatic carbocycles. The smallest absolute Gasteiger partial charge is 0.410 e. The van der Waals surface area contributed by atoms with Crippen LogP contribution in [0.15, 0.2) is 30.3 Å². The lowest BCUT2D eigenvalue weighted by molar-refractivity contribution is 0.0373. The van der Waals surface area contributed by atoms with Crippen molar-refractivity contribution in [3.05, 3.63) is 35.9 Å². The van der Waals surface area contributed by atoms with E-state index in [1.54, 1.807) is 4.90 Å². The third-order valence-electron chi connectivity index (χ3n) is 3.88. The molecule has 1 N–H and O–H groups in total. The number of hydrogen-bond donors (Lipinski definition) is 1. The SMILES string of the molecule is CC1(C)CCCC(O)CN1C(=O)OCc1ccccc1. The topological polar surface area (TPSA) is 49.8 Å². The Balaban J connectivity index is 1.99. The molecule has 20 heavy (non-hydrogen) atoms. The van der Waals surface area contributed by atoms with E-state index in [1.807, 2.05) is 44.2 Å². The number of likely N-dealkylation sites (tertiary alicyclic amines) is 1. The van der Waals surface area contributed by atoms with Gasteiger partial charge >= 0.3 is 6.09 Å². The summed E-state index contributed by atoms with van der Waals surface area (Å²) in [6.45, 7) is 4.66. The van der Waals surface area contributed by atoms with Gasteiger partial charge in [0.25, 0.3) is 0 Å². The molecule has 4 heteroatoms. The van der Waals surface area contributed by atoms with Crippen molar-refractivity contribution in [2.24, 2.45) is 0 Å². The number of β-amino-alcohol motifs (C(OH)–C–C–N with tert-alkyl or cyclic N) is 1. The van der Waals surface area contributed by atoms with Crippen molar-refractivity contribution in [1.82, 2.24) is 4.90 Å². The highest BCUT2D eigenvalue weighted by Crippen LogP contribution is 2.27. The maximum Gasteiger partial charge on any atom is 0.410 e. The van der Waals surface area contributed by atoms with Gasteiger partial charge in [0.2, 0.25) is 0 Å². The molecule has 0 radical (unpaired) electrons. The summed E-state index contributed by atoms with van der Waals surface area (Å²) in [6, 6.07) is 9.62. The minimum absolute atomic E-state index is 0.266. The molecule has 0 aliphatic carbocycles. The standard InChI is InChI=1S/C16H23NO3/c1-16(2)10-6-9-14(18)11-17(16)15(19)20-12-13-7-4-3-5-8-13/h3-5,7-8,14,18H,6,9-12H2,1-2H3. The van der Waals surface area contributed by atoms with E-state index in [4.69, 9.17) is 4.74 Å². The second-order valence-electron chi connectivity index (χ2n) is 6.01. The number of aliphatic hydroxyl groups is 1. The lowest BCUT2D eigenvalue weighted by Crippen LogP contribution is -2.49. The van der Waals surface area contributed by atoms with Gasteiger partial charge in [-0.2, -0.15) is 0 Å². The Labute approximate surface area is 120 Å². The lowest BCUT2D eigenvalue weighted by Gasteiger charge is -2.36. The van der Waals surface area contributed by atoms with Crippen LogP contribution in [0, 0.1) is 0 Å². The fraction of sp³-hybridized carbons (Fsp3) is 0.562. The molecule has 0 bridgehead atoms. The van der Waals surface area contributed by atoms with E-state index in [2.05, 4.69) is 0 Å². The van der Waals surface area contributed by atoms with Crippen LogP contribution in [0.5, 0.6) is 0 Å². The zero-order valence-electron chi connectivity index (χ0n) is 12.2. The summed E-state index contributed by atoms with van der Waals surface area (Å²) in [5, 5.41) is 9.88. The van der Waals surface area contributed by atoms with Crippen molar-refractivity contribution in [2.45, 2.75) is 51.4 Å². The first-order chi connectivity index (χ1) is 9.49. The molecular weight excluding hydrogens is 254 g/mol. The summed E-state index contributed by atoms with van der Waals surface area (Å²) in [6.07, 6.45) is 1.74. The van der Waals surface area contributed by atoms with Crippen LogP contribution in [-0.2, 0) is 11.3 Å². The summed E-state index contributed by atoms with van der Waals surface area (Å²) in [4.78, 5) is 13.9. The molecule has 110 valence electrons. The first-order valence-electron chi connectivity index (χ1n) is 7.15. The molecule has 0 saturated carbocycles. The van der Waals surface area contributed by atoms with Gasteiger partial charge in [-0.15, -0.1) is 0 Å². The van der Waals surface area contributed by atoms with Crippen LogP contribution in [0.4, 0.5) is 4.79 Å². The molecule has 2 rings (SSSR count). The normalized spacial score (nSPS) is 22.1. The summed E-state index contributed by atoms with van der Waals surface area (Å²) >= 11 is 0. The highest BCUT2D eigenvalue weighted by molar-refractivity contribution is 5.68. The Bertz CT molecular complexity index is 444. The van der Waals surface area contributed by atoms with E-state index in [0.29, 0.717) is 6.54 Å². The molecule has 1 aliphatic heterocycles. The molecule has 1 heterocycles. The Morgan fingerprint density at radius 2 is 2.10 bits per heavy atom. The number of ether oxygens (including phenoxy) is 1. The molecule has 1 unspecified atom stereocenters. The monoisotopic (exact) mass is 277 g/mol. The van der Waals surface area contributed by atoms with Gasteiger partial charge in [0.05, 0.1) is 12.6 Å². The van der Waals surface area contributed by atoms with Gasteiger partial charge in [-0.25, -0.2) is 4.79 Å². The molecule has 1 amide bonds. The number of benzene rings is 1. The zero-order chi connectivity index (χ0) is 14.6. The second kappa shape index (κ2) is 6.27. The fourth-order valence-electron chi connectivity index (χ4n) is 2.57. The lowest BCUT2D eigenvalue weighted by atomic mass is 9.97. The van der Waals surface area contributed by atoms with Gasteiger partial charge in [-0.05, 0) is 38.7 Å². The van der Waals surface area contributed by atoms with E-state index in [9.17, 15) is 9.90 Å². The minimum Gasteiger partial charge on any atom is -0.445 e. The second-order valence-corrected chi connectivity index (χ2v) is 6.01. The fourth-order valence-corrected chi connectivity index (χ4v) is 2.57. The number of carbonyl (C=O) groups is 1. The highest BCUT2D eigenvalue weighted by Gasteiger charge is 2.35. The van der Waals surface area contributed by atoms with Gasteiger partial charge < -0.3 is 14.7 Å². The molecule has 4 nitrogen and oxygen atoms in total. The summed E-state index contributed by atoms with van der Waals surface area (Å²) in [7, 11) is 0. The van der Waals surface area contributed by atoms with Crippen molar-refractivity contribution < 1.29 is 14.6 Å². The van der Waals surface area contributed by atoms with Crippen LogP contribution in [0.1, 0.15) is 38.7 Å². The Morgan fingerprint density at radius 1 is 1.40 bits per heavy atom. The number of carbonyl (C=O) groups excluding carboxylic acids is 1. The Hall–Kier alpha value is -1.55. The largest absolute Gasteiger partial charge is 0.445 e. The van der Waals surface area contributed by atoms with E-state index in [-0.39, 0.29) is 18.2 Å². The number of aliphatic hydroxyl groups excluding tert-OH is 1. The molecule has 1 saturated heterocycles. The molecular formula is C16H23NO3. The third kappa shape index (κ3) is 3.73. The summed E-state index contributed by atoms with van der Waals surface area (Å²) in [5.74, 6) is 0. The number of rotatable bonds is 2. The van der Waals surface area contributed by atoms with E-state index in [0.717, 1.165) is 24.8 Å². The van der Waals surface area contributed by atoms with Crippen LogP contribution < -0.4 is 0 Å². The van der Waals surface area contributed by atoms with Gasteiger partial charge in [0.15, 0.2) is 0 Å². The van der Waals surface area contributed by atoms with Crippen LogP contribution in [0.2, 0.25) is 0 Å². The minimum atomic E-state index is -0.457. The van der Waals surface area contributed by atoms with Crippen LogP contribution in [0.3, 0.4) is 0 Å². The first-order valence-corrected chi connectivity index (χ1v) is 7.15. The molecule has 1 aliphatic rings. The van der Waals surface area contributed by atoms with Crippen LogP contribution in [-0.4, -0.2) is 34.3 Å². The predicted molar refractivity (Wildman–Crippen MR) is 77.3 cm³/mol. The van der Waals surface area contributed by atoms with Crippen molar-refractivity contribution in [3.8, 4) is 0 Å². The van der Waals surface area contributed by atoms with E-state index < -0.39 is 6.10 Å². The Morgan fingerprint density at radius 3 is 2.80 bits per heavy atom. The van der Waals surface area contributed by atoms with Crippen molar-refractivity contribution >= 4 is 6.09 Å².